The lowest BCUT2D eigenvalue weighted by molar-refractivity contribution is 0.0948. The van der Waals surface area contributed by atoms with Crippen LogP contribution in [0.4, 0.5) is 0 Å². The Labute approximate surface area is 175 Å². The third kappa shape index (κ3) is 5.40. The first-order valence-corrected chi connectivity index (χ1v) is 11.3. The summed E-state index contributed by atoms with van der Waals surface area (Å²) in [6.45, 7) is 0.290. The Hall–Kier alpha value is -2.77. The quantitative estimate of drug-likeness (QED) is 0.618. The summed E-state index contributed by atoms with van der Waals surface area (Å²) < 4.78 is 29.9. The van der Waals surface area contributed by atoms with E-state index in [2.05, 4.69) is 5.32 Å². The minimum atomic E-state index is -3.08. The molecule has 3 aromatic rings. The molecule has 0 aliphatic rings. The number of hydrogen-bond donors (Lipinski definition) is 1. The van der Waals surface area contributed by atoms with Crippen molar-refractivity contribution in [1.29, 1.82) is 0 Å². The van der Waals surface area contributed by atoms with Gasteiger partial charge in [0.15, 0.2) is 9.84 Å². The minimum absolute atomic E-state index is 0.0108. The normalized spacial score (nSPS) is 11.3. The zero-order chi connectivity index (χ0) is 21.0. The van der Waals surface area contributed by atoms with Gasteiger partial charge in [0.25, 0.3) is 5.91 Å². The van der Waals surface area contributed by atoms with E-state index < -0.39 is 9.84 Å². The van der Waals surface area contributed by atoms with E-state index in [0.717, 1.165) is 5.56 Å². The molecular formula is C21H21ClN2O4S. The predicted octanol–water partition coefficient (Wildman–Crippen LogP) is 3.61. The van der Waals surface area contributed by atoms with E-state index in [4.69, 9.17) is 16.3 Å². The highest BCUT2D eigenvalue weighted by atomic mass is 35.5. The summed E-state index contributed by atoms with van der Waals surface area (Å²) in [5.41, 5.74) is 2.61. The summed E-state index contributed by atoms with van der Waals surface area (Å²) in [7, 11) is -1.58. The molecule has 1 N–H and O–H groups in total. The van der Waals surface area contributed by atoms with E-state index in [1.54, 1.807) is 36.4 Å². The fourth-order valence-electron chi connectivity index (χ4n) is 2.92. The predicted molar refractivity (Wildman–Crippen MR) is 113 cm³/mol. The number of carbonyl (C=O) groups excluding carboxylic acids is 1. The van der Waals surface area contributed by atoms with E-state index in [0.29, 0.717) is 27.6 Å². The highest BCUT2D eigenvalue weighted by molar-refractivity contribution is 7.89. The van der Waals surface area contributed by atoms with E-state index in [-0.39, 0.29) is 18.2 Å². The molecular weight excluding hydrogens is 412 g/mol. The Morgan fingerprint density at radius 3 is 2.31 bits per heavy atom. The van der Waals surface area contributed by atoms with Gasteiger partial charge in [-0.1, -0.05) is 35.9 Å². The molecule has 1 aromatic heterocycles. The van der Waals surface area contributed by atoms with Crippen LogP contribution in [0.25, 0.3) is 5.69 Å². The van der Waals surface area contributed by atoms with E-state index in [9.17, 15) is 13.2 Å². The molecule has 0 fully saturated rings. The lowest BCUT2D eigenvalue weighted by Gasteiger charge is -2.14. The number of nitrogens with one attached hydrogen (secondary N) is 1. The zero-order valence-corrected chi connectivity index (χ0v) is 17.6. The molecule has 0 aliphatic heterocycles. The van der Waals surface area contributed by atoms with E-state index in [1.165, 1.54) is 13.4 Å². The van der Waals surface area contributed by atoms with Crippen molar-refractivity contribution < 1.29 is 17.9 Å². The summed E-state index contributed by atoms with van der Waals surface area (Å²) in [5, 5.41) is 3.26. The fraction of sp³-hybridized carbons (Fsp3) is 0.190. The summed E-state index contributed by atoms with van der Waals surface area (Å²) in [6.07, 6.45) is 4.91. The van der Waals surface area contributed by atoms with E-state index >= 15 is 0 Å². The van der Waals surface area contributed by atoms with Gasteiger partial charge in [0, 0.05) is 31.3 Å². The first-order valence-electron chi connectivity index (χ1n) is 8.81. The van der Waals surface area contributed by atoms with Crippen LogP contribution in [0.1, 0.15) is 21.5 Å². The maximum absolute atomic E-state index is 12.7. The highest BCUT2D eigenvalue weighted by Gasteiger charge is 2.16. The third-order valence-corrected chi connectivity index (χ3v) is 5.46. The molecule has 0 saturated heterocycles. The minimum Gasteiger partial charge on any atom is -0.496 e. The second-order valence-corrected chi connectivity index (χ2v) is 9.21. The maximum Gasteiger partial charge on any atom is 0.255 e. The number of halogens is 1. The number of hydrogen-bond acceptors (Lipinski definition) is 4. The highest BCUT2D eigenvalue weighted by Crippen LogP contribution is 2.30. The van der Waals surface area contributed by atoms with Gasteiger partial charge < -0.3 is 14.6 Å². The monoisotopic (exact) mass is 432 g/mol. The van der Waals surface area contributed by atoms with Crippen molar-refractivity contribution >= 4 is 27.3 Å². The Kier molecular flexibility index (Phi) is 6.30. The Morgan fingerprint density at radius 1 is 1.10 bits per heavy atom. The van der Waals surface area contributed by atoms with Crippen molar-refractivity contribution in [2.45, 2.75) is 12.3 Å². The molecule has 0 unspecified atom stereocenters. The maximum atomic E-state index is 12.7. The molecule has 1 heterocycles. The van der Waals surface area contributed by atoms with Crippen LogP contribution in [0.5, 0.6) is 5.75 Å². The molecule has 0 atom stereocenters. The van der Waals surface area contributed by atoms with Crippen molar-refractivity contribution in [3.63, 3.8) is 0 Å². The first-order chi connectivity index (χ1) is 13.8. The standard InChI is InChI=1S/C21H21ClN2O4S/c1-28-20-12-19(24-9-3-4-10-24)18(22)11-17(20)21(25)23-13-15-5-7-16(8-6-15)14-29(2,26)27/h3-12H,13-14H2,1-2H3,(H,23,25). The molecule has 29 heavy (non-hydrogen) atoms. The van der Waals surface area contributed by atoms with Gasteiger partial charge in [0.1, 0.15) is 5.75 Å². The van der Waals surface area contributed by atoms with Gasteiger partial charge in [-0.2, -0.15) is 0 Å². The zero-order valence-electron chi connectivity index (χ0n) is 16.1. The molecule has 8 heteroatoms. The van der Waals surface area contributed by atoms with Gasteiger partial charge in [0.05, 0.1) is 29.1 Å². The average molecular weight is 433 g/mol. The lowest BCUT2D eigenvalue weighted by atomic mass is 10.1. The van der Waals surface area contributed by atoms with Gasteiger partial charge in [0.2, 0.25) is 0 Å². The lowest BCUT2D eigenvalue weighted by Crippen LogP contribution is -2.23. The molecule has 1 amide bonds. The SMILES string of the molecule is COc1cc(-n2cccc2)c(Cl)cc1C(=O)NCc1ccc(CS(C)(=O)=O)cc1. The topological polar surface area (TPSA) is 77.4 Å². The largest absolute Gasteiger partial charge is 0.496 e. The van der Waals surface area contributed by atoms with Gasteiger partial charge in [-0.25, -0.2) is 8.42 Å². The van der Waals surface area contributed by atoms with Crippen LogP contribution in [0.2, 0.25) is 5.02 Å². The second-order valence-electron chi connectivity index (χ2n) is 6.66. The van der Waals surface area contributed by atoms with Crippen LogP contribution >= 0.6 is 11.6 Å². The third-order valence-electron chi connectivity index (χ3n) is 4.30. The summed E-state index contributed by atoms with van der Waals surface area (Å²) in [6, 6.07) is 14.1. The number of ether oxygens (including phenoxy) is 1. The van der Waals surface area contributed by atoms with Gasteiger partial charge in [-0.15, -0.1) is 0 Å². The molecule has 3 rings (SSSR count). The average Bonchev–Trinajstić information content (AvgIpc) is 3.20. The molecule has 0 saturated carbocycles. The molecule has 152 valence electrons. The second kappa shape index (κ2) is 8.71. The van der Waals surface area contributed by atoms with Crippen LogP contribution in [0.15, 0.2) is 60.9 Å². The summed E-state index contributed by atoms with van der Waals surface area (Å²) >= 11 is 6.38. The van der Waals surface area contributed by atoms with Crippen LogP contribution in [-0.4, -0.2) is 32.3 Å². The Morgan fingerprint density at radius 2 is 1.72 bits per heavy atom. The number of amides is 1. The fourth-order valence-corrected chi connectivity index (χ4v) is 3.97. The van der Waals surface area contributed by atoms with Crippen molar-refractivity contribution in [2.75, 3.05) is 13.4 Å². The number of benzene rings is 2. The van der Waals surface area contributed by atoms with Crippen LogP contribution in [0.3, 0.4) is 0 Å². The van der Waals surface area contributed by atoms with Crippen LogP contribution in [0, 0.1) is 0 Å². The smallest absolute Gasteiger partial charge is 0.255 e. The number of methoxy groups -OCH3 is 1. The molecule has 2 aromatic carbocycles. The Balaban J connectivity index is 1.73. The molecule has 0 aliphatic carbocycles. The summed E-state index contributed by atoms with van der Waals surface area (Å²) in [4.78, 5) is 12.7. The molecule has 0 radical (unpaired) electrons. The molecule has 6 nitrogen and oxygen atoms in total. The van der Waals surface area contributed by atoms with Crippen LogP contribution in [-0.2, 0) is 22.1 Å². The van der Waals surface area contributed by atoms with E-state index in [1.807, 2.05) is 29.1 Å². The van der Waals surface area contributed by atoms with Gasteiger partial charge >= 0.3 is 0 Å². The van der Waals surface area contributed by atoms with Crippen LogP contribution < -0.4 is 10.1 Å². The number of nitrogens with zero attached hydrogens (tertiary/aromatic N) is 1. The van der Waals surface area contributed by atoms with Crippen molar-refractivity contribution in [2.24, 2.45) is 0 Å². The molecule has 0 spiro atoms. The van der Waals surface area contributed by atoms with Crippen molar-refractivity contribution in [3.8, 4) is 11.4 Å². The number of carbonyl (C=O) groups is 1. The number of sulfone groups is 1. The number of rotatable bonds is 7. The Bertz CT molecular complexity index is 1110. The van der Waals surface area contributed by atoms with Crippen molar-refractivity contribution in [3.05, 3.63) is 82.6 Å². The molecule has 0 bridgehead atoms. The first kappa shape index (κ1) is 21.0. The number of aromatic nitrogens is 1. The summed E-state index contributed by atoms with van der Waals surface area (Å²) in [5.74, 6) is 0.0884. The van der Waals surface area contributed by atoms with Gasteiger partial charge in [-0.05, 0) is 29.3 Å². The van der Waals surface area contributed by atoms with Gasteiger partial charge in [-0.3, -0.25) is 4.79 Å². The van der Waals surface area contributed by atoms with Crippen molar-refractivity contribution in [1.82, 2.24) is 9.88 Å².